The number of hydrogen-bond acceptors (Lipinski definition) is 3. The summed E-state index contributed by atoms with van der Waals surface area (Å²) in [6.45, 7) is 2.09. The number of benzene rings is 2. The molecule has 3 N–H and O–H groups in total. The van der Waals surface area contributed by atoms with Crippen molar-refractivity contribution in [2.75, 3.05) is 5.75 Å². The van der Waals surface area contributed by atoms with Crippen molar-refractivity contribution in [1.29, 1.82) is 0 Å². The van der Waals surface area contributed by atoms with E-state index in [1.807, 2.05) is 12.1 Å². The normalized spacial score (nSPS) is 12.4. The summed E-state index contributed by atoms with van der Waals surface area (Å²) < 4.78 is 0. The number of thioether (sulfide) groups is 1. The third-order valence-corrected chi connectivity index (χ3v) is 4.78. The maximum absolute atomic E-state index is 6.05. The predicted octanol–water partition coefficient (Wildman–Crippen LogP) is 4.60. The van der Waals surface area contributed by atoms with Crippen LogP contribution in [0, 0.1) is 6.92 Å². The van der Waals surface area contributed by atoms with Crippen LogP contribution >= 0.6 is 35.0 Å². The molecule has 0 aliphatic heterocycles. The predicted molar refractivity (Wildman–Crippen MR) is 88.4 cm³/mol. The number of halogens is 2. The van der Waals surface area contributed by atoms with Gasteiger partial charge in [-0.2, -0.15) is 0 Å². The van der Waals surface area contributed by atoms with Crippen molar-refractivity contribution in [2.24, 2.45) is 5.84 Å². The Labute approximate surface area is 133 Å². The van der Waals surface area contributed by atoms with Crippen molar-refractivity contribution in [2.45, 2.75) is 17.9 Å². The Hall–Kier alpha value is -0.710. The first-order valence-corrected chi connectivity index (χ1v) is 7.95. The lowest BCUT2D eigenvalue weighted by Gasteiger charge is -2.16. The molecular formula is C15H16Cl2N2S. The summed E-state index contributed by atoms with van der Waals surface area (Å²) in [7, 11) is 0. The zero-order valence-electron chi connectivity index (χ0n) is 11.1. The minimum atomic E-state index is 0.0234. The van der Waals surface area contributed by atoms with Crippen LogP contribution in [-0.2, 0) is 0 Å². The van der Waals surface area contributed by atoms with Crippen molar-refractivity contribution in [1.82, 2.24) is 5.43 Å². The lowest BCUT2D eigenvalue weighted by atomic mass is 10.1. The molecule has 0 heterocycles. The van der Waals surface area contributed by atoms with Gasteiger partial charge >= 0.3 is 0 Å². The second-order valence-corrected chi connectivity index (χ2v) is 6.43. The first kappa shape index (κ1) is 15.7. The molecule has 5 heteroatoms. The van der Waals surface area contributed by atoms with Crippen LogP contribution in [0.5, 0.6) is 0 Å². The van der Waals surface area contributed by atoms with Crippen LogP contribution in [0.15, 0.2) is 47.4 Å². The SMILES string of the molecule is Cc1cccc(SCC(NN)c2ccc(Cl)c(Cl)c2)c1. The van der Waals surface area contributed by atoms with Gasteiger partial charge in [0.1, 0.15) is 0 Å². The van der Waals surface area contributed by atoms with Gasteiger partial charge < -0.3 is 0 Å². The highest BCUT2D eigenvalue weighted by Gasteiger charge is 2.12. The Balaban J connectivity index is 2.07. The monoisotopic (exact) mass is 326 g/mol. The fourth-order valence-corrected chi connectivity index (χ4v) is 3.25. The van der Waals surface area contributed by atoms with E-state index in [2.05, 4.69) is 36.6 Å². The summed E-state index contributed by atoms with van der Waals surface area (Å²) in [5, 5.41) is 1.10. The first-order chi connectivity index (χ1) is 9.60. The standard InChI is InChI=1S/C15H16Cl2N2S/c1-10-3-2-4-12(7-10)20-9-15(19-18)11-5-6-13(16)14(17)8-11/h2-8,15,19H,9,18H2,1H3. The largest absolute Gasteiger partial charge is 0.271 e. The zero-order chi connectivity index (χ0) is 14.5. The fraction of sp³-hybridized carbons (Fsp3) is 0.200. The molecule has 1 unspecified atom stereocenters. The molecule has 2 rings (SSSR count). The van der Waals surface area contributed by atoms with Crippen LogP contribution in [0.3, 0.4) is 0 Å². The Morgan fingerprint density at radius 1 is 1.15 bits per heavy atom. The number of rotatable bonds is 5. The van der Waals surface area contributed by atoms with Gasteiger partial charge in [0.15, 0.2) is 0 Å². The minimum Gasteiger partial charge on any atom is -0.271 e. The molecular weight excluding hydrogens is 311 g/mol. The number of hydrazine groups is 1. The van der Waals surface area contributed by atoms with Gasteiger partial charge in [-0.15, -0.1) is 11.8 Å². The van der Waals surface area contributed by atoms with E-state index in [0.29, 0.717) is 10.0 Å². The van der Waals surface area contributed by atoms with Crippen LogP contribution in [0.25, 0.3) is 0 Å². The van der Waals surface area contributed by atoms with Gasteiger partial charge in [0.05, 0.1) is 16.1 Å². The molecule has 0 aliphatic rings. The Morgan fingerprint density at radius 2 is 1.95 bits per heavy atom. The molecule has 0 bridgehead atoms. The second kappa shape index (κ2) is 7.34. The molecule has 2 nitrogen and oxygen atoms in total. The lowest BCUT2D eigenvalue weighted by Crippen LogP contribution is -2.29. The number of nitrogens with one attached hydrogen (secondary N) is 1. The third-order valence-electron chi connectivity index (χ3n) is 2.95. The smallest absolute Gasteiger partial charge is 0.0595 e. The molecule has 0 fully saturated rings. The summed E-state index contributed by atoms with van der Waals surface area (Å²) in [5.41, 5.74) is 5.11. The average molecular weight is 327 g/mol. The summed E-state index contributed by atoms with van der Waals surface area (Å²) >= 11 is 13.7. The maximum Gasteiger partial charge on any atom is 0.0595 e. The van der Waals surface area contributed by atoms with E-state index in [0.717, 1.165) is 11.3 Å². The van der Waals surface area contributed by atoms with Crippen LogP contribution in [-0.4, -0.2) is 5.75 Å². The van der Waals surface area contributed by atoms with Gasteiger partial charge in [-0.25, -0.2) is 0 Å². The highest BCUT2D eigenvalue weighted by Crippen LogP contribution is 2.29. The average Bonchev–Trinajstić information content (AvgIpc) is 2.43. The first-order valence-electron chi connectivity index (χ1n) is 6.20. The molecule has 1 atom stereocenters. The van der Waals surface area contributed by atoms with Crippen molar-refractivity contribution < 1.29 is 0 Å². The highest BCUT2D eigenvalue weighted by atomic mass is 35.5. The van der Waals surface area contributed by atoms with Gasteiger partial charge in [-0.05, 0) is 36.8 Å². The zero-order valence-corrected chi connectivity index (χ0v) is 13.4. The molecule has 106 valence electrons. The van der Waals surface area contributed by atoms with E-state index in [4.69, 9.17) is 29.0 Å². The highest BCUT2D eigenvalue weighted by molar-refractivity contribution is 7.99. The number of nitrogens with two attached hydrogens (primary N) is 1. The van der Waals surface area contributed by atoms with Crippen LogP contribution in [0.1, 0.15) is 17.2 Å². The summed E-state index contributed by atoms with van der Waals surface area (Å²) in [5.74, 6) is 6.46. The van der Waals surface area contributed by atoms with Crippen LogP contribution < -0.4 is 11.3 Å². The Bertz CT molecular complexity index is 590. The van der Waals surface area contributed by atoms with Gasteiger partial charge in [-0.1, -0.05) is 47.0 Å². The quantitative estimate of drug-likeness (QED) is 0.479. The van der Waals surface area contributed by atoms with E-state index < -0.39 is 0 Å². The van der Waals surface area contributed by atoms with E-state index >= 15 is 0 Å². The van der Waals surface area contributed by atoms with Crippen molar-refractivity contribution in [3.8, 4) is 0 Å². The van der Waals surface area contributed by atoms with E-state index in [1.165, 1.54) is 10.5 Å². The summed E-state index contributed by atoms with van der Waals surface area (Å²) in [6.07, 6.45) is 0. The molecule has 0 saturated carbocycles. The Morgan fingerprint density at radius 3 is 2.60 bits per heavy atom. The third kappa shape index (κ3) is 4.14. The van der Waals surface area contributed by atoms with Crippen LogP contribution in [0.4, 0.5) is 0 Å². The van der Waals surface area contributed by atoms with E-state index in [-0.39, 0.29) is 6.04 Å². The minimum absolute atomic E-state index is 0.0234. The summed E-state index contributed by atoms with van der Waals surface area (Å²) in [4.78, 5) is 1.23. The molecule has 0 saturated heterocycles. The molecule has 2 aromatic rings. The fourth-order valence-electron chi connectivity index (χ4n) is 1.85. The molecule has 20 heavy (non-hydrogen) atoms. The van der Waals surface area contributed by atoms with Crippen LogP contribution in [0.2, 0.25) is 10.0 Å². The van der Waals surface area contributed by atoms with E-state index in [1.54, 1.807) is 17.8 Å². The molecule has 0 aromatic heterocycles. The van der Waals surface area contributed by atoms with Gasteiger partial charge in [0, 0.05) is 10.6 Å². The molecule has 0 amide bonds. The topological polar surface area (TPSA) is 38.0 Å². The van der Waals surface area contributed by atoms with Crippen molar-refractivity contribution in [3.63, 3.8) is 0 Å². The molecule has 0 spiro atoms. The van der Waals surface area contributed by atoms with Gasteiger partial charge in [0.2, 0.25) is 0 Å². The van der Waals surface area contributed by atoms with E-state index in [9.17, 15) is 0 Å². The molecule has 0 aliphatic carbocycles. The molecule has 0 radical (unpaired) electrons. The second-order valence-electron chi connectivity index (χ2n) is 4.52. The molecule has 2 aromatic carbocycles. The van der Waals surface area contributed by atoms with Crippen molar-refractivity contribution in [3.05, 3.63) is 63.6 Å². The van der Waals surface area contributed by atoms with Gasteiger partial charge in [0.25, 0.3) is 0 Å². The van der Waals surface area contributed by atoms with Crippen molar-refractivity contribution >= 4 is 35.0 Å². The number of hydrogen-bond donors (Lipinski definition) is 2. The summed E-state index contributed by atoms with van der Waals surface area (Å²) in [6, 6.07) is 14.0. The lowest BCUT2D eigenvalue weighted by molar-refractivity contribution is 0.611. The Kier molecular flexibility index (Phi) is 5.75. The maximum atomic E-state index is 6.05. The van der Waals surface area contributed by atoms with Gasteiger partial charge in [-0.3, -0.25) is 11.3 Å². The number of aryl methyl sites for hydroxylation is 1.